The Bertz CT molecular complexity index is 656. The van der Waals surface area contributed by atoms with Gasteiger partial charge in [0.15, 0.2) is 0 Å². The lowest BCUT2D eigenvalue weighted by atomic mass is 10.4. The number of sulfonamides is 1. The SMILES string of the molecule is Cc1ccc(S(=O)(=O)NCc2sc(C)nc2C)s1. The van der Waals surface area contributed by atoms with Crippen molar-refractivity contribution in [3.05, 3.63) is 32.6 Å². The first-order valence-corrected chi connectivity index (χ1v) is 8.49. The normalized spacial score (nSPS) is 11.9. The van der Waals surface area contributed by atoms with Crippen molar-refractivity contribution < 1.29 is 8.42 Å². The zero-order valence-corrected chi connectivity index (χ0v) is 12.8. The maximum Gasteiger partial charge on any atom is 0.250 e. The van der Waals surface area contributed by atoms with Crippen LogP contribution in [0.5, 0.6) is 0 Å². The van der Waals surface area contributed by atoms with Gasteiger partial charge in [-0.25, -0.2) is 18.1 Å². The molecule has 0 aliphatic rings. The molecule has 0 fully saturated rings. The minimum atomic E-state index is -3.40. The quantitative estimate of drug-likeness (QED) is 0.944. The third kappa shape index (κ3) is 2.97. The van der Waals surface area contributed by atoms with Gasteiger partial charge in [0.25, 0.3) is 0 Å². The number of thiazole rings is 1. The Kier molecular flexibility index (Phi) is 3.86. The molecule has 0 aliphatic heterocycles. The van der Waals surface area contributed by atoms with Gasteiger partial charge in [-0.2, -0.15) is 0 Å². The van der Waals surface area contributed by atoms with E-state index in [1.54, 1.807) is 12.1 Å². The van der Waals surface area contributed by atoms with Crippen LogP contribution in [-0.4, -0.2) is 13.4 Å². The summed E-state index contributed by atoms with van der Waals surface area (Å²) in [5, 5.41) is 0.952. The van der Waals surface area contributed by atoms with Crippen molar-refractivity contribution in [3.8, 4) is 0 Å². The predicted molar refractivity (Wildman–Crippen MR) is 74.7 cm³/mol. The lowest BCUT2D eigenvalue weighted by molar-refractivity contribution is 0.584. The minimum Gasteiger partial charge on any atom is -0.247 e. The van der Waals surface area contributed by atoms with E-state index in [1.165, 1.54) is 22.7 Å². The van der Waals surface area contributed by atoms with Crippen LogP contribution in [0.3, 0.4) is 0 Å². The van der Waals surface area contributed by atoms with Gasteiger partial charge in [0.1, 0.15) is 4.21 Å². The minimum absolute atomic E-state index is 0.302. The van der Waals surface area contributed by atoms with Crippen LogP contribution in [0.2, 0.25) is 0 Å². The molecule has 0 saturated carbocycles. The Morgan fingerprint density at radius 1 is 1.22 bits per heavy atom. The summed E-state index contributed by atoms with van der Waals surface area (Å²) >= 11 is 2.80. The smallest absolute Gasteiger partial charge is 0.247 e. The summed E-state index contributed by atoms with van der Waals surface area (Å²) in [4.78, 5) is 6.22. The van der Waals surface area contributed by atoms with Crippen LogP contribution in [0.15, 0.2) is 16.3 Å². The van der Waals surface area contributed by atoms with Gasteiger partial charge in [0.05, 0.1) is 10.7 Å². The molecule has 0 aromatic carbocycles. The topological polar surface area (TPSA) is 59.1 Å². The first-order chi connectivity index (χ1) is 8.38. The van der Waals surface area contributed by atoms with E-state index in [-0.39, 0.29) is 0 Å². The highest BCUT2D eigenvalue weighted by Gasteiger charge is 2.17. The second kappa shape index (κ2) is 5.08. The van der Waals surface area contributed by atoms with E-state index in [9.17, 15) is 8.42 Å². The lowest BCUT2D eigenvalue weighted by Crippen LogP contribution is -2.22. The number of nitrogens with one attached hydrogen (secondary N) is 1. The highest BCUT2D eigenvalue weighted by molar-refractivity contribution is 7.91. The standard InChI is InChI=1S/C11H14N2O2S3/c1-7-4-5-11(16-7)18(14,15)12-6-10-8(2)13-9(3)17-10/h4-5,12H,6H2,1-3H3. The van der Waals surface area contributed by atoms with Crippen LogP contribution in [0.4, 0.5) is 0 Å². The predicted octanol–water partition coefficient (Wildman–Crippen LogP) is 2.61. The summed E-state index contributed by atoms with van der Waals surface area (Å²) in [5.41, 5.74) is 0.891. The van der Waals surface area contributed by atoms with E-state index in [2.05, 4.69) is 9.71 Å². The highest BCUT2D eigenvalue weighted by atomic mass is 32.2. The number of aromatic nitrogens is 1. The summed E-state index contributed by atoms with van der Waals surface area (Å²) < 4.78 is 27.0. The van der Waals surface area contributed by atoms with Gasteiger partial charge < -0.3 is 0 Å². The Morgan fingerprint density at radius 2 is 1.94 bits per heavy atom. The van der Waals surface area contributed by atoms with Crippen molar-refractivity contribution >= 4 is 32.7 Å². The molecule has 0 saturated heterocycles. The Hall–Kier alpha value is -0.760. The van der Waals surface area contributed by atoms with E-state index in [1.807, 2.05) is 20.8 Å². The molecule has 0 radical (unpaired) electrons. The van der Waals surface area contributed by atoms with E-state index in [0.717, 1.165) is 20.5 Å². The van der Waals surface area contributed by atoms with Crippen molar-refractivity contribution in [2.24, 2.45) is 0 Å². The number of hydrogen-bond donors (Lipinski definition) is 1. The van der Waals surface area contributed by atoms with E-state index in [4.69, 9.17) is 0 Å². The van der Waals surface area contributed by atoms with Gasteiger partial charge in [0, 0.05) is 16.3 Å². The molecule has 0 unspecified atom stereocenters. The summed E-state index contributed by atoms with van der Waals surface area (Å²) in [6.07, 6.45) is 0. The Morgan fingerprint density at radius 3 is 2.44 bits per heavy atom. The molecule has 2 heterocycles. The van der Waals surface area contributed by atoms with Gasteiger partial charge >= 0.3 is 0 Å². The molecule has 18 heavy (non-hydrogen) atoms. The van der Waals surface area contributed by atoms with Gasteiger partial charge in [-0.05, 0) is 32.9 Å². The number of hydrogen-bond acceptors (Lipinski definition) is 5. The zero-order valence-electron chi connectivity index (χ0n) is 10.4. The fraction of sp³-hybridized carbons (Fsp3) is 0.364. The first-order valence-electron chi connectivity index (χ1n) is 5.37. The molecule has 0 spiro atoms. The first kappa shape index (κ1) is 13.7. The fourth-order valence-corrected chi connectivity index (χ4v) is 4.82. The van der Waals surface area contributed by atoms with Crippen LogP contribution >= 0.6 is 22.7 Å². The van der Waals surface area contributed by atoms with Gasteiger partial charge in [-0.3, -0.25) is 0 Å². The van der Waals surface area contributed by atoms with E-state index < -0.39 is 10.0 Å². The number of aryl methyl sites for hydroxylation is 3. The molecule has 0 aliphatic carbocycles. The number of rotatable bonds is 4. The Labute approximate surface area is 115 Å². The average molecular weight is 302 g/mol. The molecule has 0 atom stereocenters. The van der Waals surface area contributed by atoms with Crippen molar-refractivity contribution in [2.75, 3.05) is 0 Å². The van der Waals surface area contributed by atoms with Gasteiger partial charge in [-0.15, -0.1) is 22.7 Å². The molecule has 0 amide bonds. The molecule has 2 aromatic rings. The fourth-order valence-electron chi connectivity index (χ4n) is 1.53. The molecule has 1 N–H and O–H groups in total. The average Bonchev–Trinajstić information content (AvgIpc) is 2.83. The van der Waals surface area contributed by atoms with Crippen molar-refractivity contribution in [1.82, 2.24) is 9.71 Å². The van der Waals surface area contributed by atoms with Crippen LogP contribution in [0.25, 0.3) is 0 Å². The maximum absolute atomic E-state index is 12.0. The molecule has 98 valence electrons. The summed E-state index contributed by atoms with van der Waals surface area (Å²) in [5.74, 6) is 0. The van der Waals surface area contributed by atoms with E-state index in [0.29, 0.717) is 10.8 Å². The van der Waals surface area contributed by atoms with Crippen molar-refractivity contribution in [3.63, 3.8) is 0 Å². The second-order valence-corrected chi connectivity index (χ2v) is 8.50. The van der Waals surface area contributed by atoms with Gasteiger partial charge in [0.2, 0.25) is 10.0 Å². The van der Waals surface area contributed by atoms with Crippen LogP contribution in [0, 0.1) is 20.8 Å². The molecule has 4 nitrogen and oxygen atoms in total. The Balaban J connectivity index is 2.13. The maximum atomic E-state index is 12.0. The third-order valence-corrected chi connectivity index (χ3v) is 6.37. The molecule has 2 rings (SSSR count). The molecule has 0 bridgehead atoms. The van der Waals surface area contributed by atoms with Crippen LogP contribution in [0.1, 0.15) is 20.5 Å². The van der Waals surface area contributed by atoms with Gasteiger partial charge in [-0.1, -0.05) is 0 Å². The third-order valence-electron chi connectivity index (χ3n) is 2.40. The summed E-state index contributed by atoms with van der Waals surface area (Å²) in [7, 11) is -3.40. The van der Waals surface area contributed by atoms with E-state index >= 15 is 0 Å². The summed E-state index contributed by atoms with van der Waals surface area (Å²) in [6, 6.07) is 3.44. The molecule has 7 heteroatoms. The molecular weight excluding hydrogens is 288 g/mol. The summed E-state index contributed by atoms with van der Waals surface area (Å²) in [6.45, 7) is 6.00. The monoisotopic (exact) mass is 302 g/mol. The van der Waals surface area contributed by atoms with Crippen LogP contribution < -0.4 is 4.72 Å². The zero-order chi connectivity index (χ0) is 13.3. The largest absolute Gasteiger partial charge is 0.250 e. The molecule has 2 aromatic heterocycles. The number of nitrogens with zero attached hydrogens (tertiary/aromatic N) is 1. The van der Waals surface area contributed by atoms with Crippen molar-refractivity contribution in [1.29, 1.82) is 0 Å². The van der Waals surface area contributed by atoms with Crippen molar-refractivity contribution in [2.45, 2.75) is 31.5 Å². The lowest BCUT2D eigenvalue weighted by Gasteiger charge is -2.03. The second-order valence-electron chi connectivity index (χ2n) is 3.93. The highest BCUT2D eigenvalue weighted by Crippen LogP contribution is 2.22. The number of thiophene rings is 1. The molecular formula is C11H14N2O2S3. The van der Waals surface area contributed by atoms with Crippen LogP contribution in [-0.2, 0) is 16.6 Å².